The maximum atomic E-state index is 13.4. The molecule has 2 N–H and O–H groups in total. The van der Waals surface area contributed by atoms with Crippen molar-refractivity contribution < 1.29 is 8.78 Å². The van der Waals surface area contributed by atoms with E-state index in [-0.39, 0.29) is 5.56 Å². The maximum absolute atomic E-state index is 13.4. The number of anilines is 2. The summed E-state index contributed by atoms with van der Waals surface area (Å²) in [6, 6.07) is 4.86. The highest BCUT2D eigenvalue weighted by Crippen LogP contribution is 2.28. The van der Waals surface area contributed by atoms with E-state index in [2.05, 4.69) is 38.8 Å². The van der Waals surface area contributed by atoms with E-state index in [0.717, 1.165) is 41.9 Å². The highest BCUT2D eigenvalue weighted by Gasteiger charge is 2.24. The highest BCUT2D eigenvalue weighted by molar-refractivity contribution is 8.00. The van der Waals surface area contributed by atoms with Crippen molar-refractivity contribution in [2.75, 3.05) is 28.5 Å². The minimum Gasteiger partial charge on any atom is -0.369 e. The fraction of sp³-hybridized carbons (Fsp3) is 0.346. The molecule has 0 unspecified atom stereocenters. The molecule has 4 nitrogen and oxygen atoms in total. The van der Waals surface area contributed by atoms with Crippen molar-refractivity contribution in [2.45, 2.75) is 34.1 Å². The number of rotatable bonds is 7. The molecule has 1 aliphatic rings. The number of hydrogen-bond acceptors (Lipinski definition) is 4. The number of nitrogens with one attached hydrogen (secondary N) is 2. The van der Waals surface area contributed by atoms with Gasteiger partial charge in [-0.25, -0.2) is 13.8 Å². The summed E-state index contributed by atoms with van der Waals surface area (Å²) >= 11 is 1.42. The molecule has 1 aromatic carbocycles. The van der Waals surface area contributed by atoms with E-state index in [1.807, 2.05) is 45.3 Å². The standard InChI is InChI=1S/C14H15N3.C10H13F2NS.C2H6/c1-3-10-8-17(9-10)12-5-13-11(4-2)6-15-14(13)16-7-12;1-3-6-14-13-9-5-4-8(11)7(2)10(9)12;1-2/h3-7,10H,1-2,8-9H2,(H,15,16);4-5,13H,3,6H2,1-2H3;1-2H3. The Morgan fingerprint density at radius 3 is 2.64 bits per heavy atom. The summed E-state index contributed by atoms with van der Waals surface area (Å²) < 4.78 is 29.1. The van der Waals surface area contributed by atoms with Gasteiger partial charge in [-0.2, -0.15) is 0 Å². The molecule has 0 atom stereocenters. The van der Waals surface area contributed by atoms with E-state index < -0.39 is 11.6 Å². The molecule has 0 bridgehead atoms. The third-order valence-corrected chi connectivity index (χ3v) is 6.16. The van der Waals surface area contributed by atoms with Crippen LogP contribution in [0.4, 0.5) is 20.2 Å². The largest absolute Gasteiger partial charge is 0.369 e. The molecule has 178 valence electrons. The van der Waals surface area contributed by atoms with Crippen LogP contribution in [0.1, 0.15) is 38.3 Å². The van der Waals surface area contributed by atoms with Gasteiger partial charge in [-0.05, 0) is 31.5 Å². The van der Waals surface area contributed by atoms with E-state index in [9.17, 15) is 8.78 Å². The number of aromatic amines is 1. The van der Waals surface area contributed by atoms with E-state index in [4.69, 9.17) is 0 Å². The van der Waals surface area contributed by atoms with E-state index >= 15 is 0 Å². The first kappa shape index (κ1) is 26.5. The molecule has 3 heterocycles. The van der Waals surface area contributed by atoms with Crippen LogP contribution >= 0.6 is 11.9 Å². The third-order valence-electron chi connectivity index (χ3n) is 5.19. The number of H-pyrrole nitrogens is 1. The van der Waals surface area contributed by atoms with Crippen LogP contribution < -0.4 is 9.62 Å². The van der Waals surface area contributed by atoms with Crippen molar-refractivity contribution in [3.8, 4) is 0 Å². The maximum Gasteiger partial charge on any atom is 0.152 e. The van der Waals surface area contributed by atoms with Gasteiger partial charge < -0.3 is 14.6 Å². The molecule has 1 saturated heterocycles. The zero-order valence-corrected chi connectivity index (χ0v) is 20.7. The Kier molecular flexibility index (Phi) is 10.5. The lowest BCUT2D eigenvalue weighted by atomic mass is 10.00. The Morgan fingerprint density at radius 1 is 1.27 bits per heavy atom. The zero-order valence-electron chi connectivity index (χ0n) is 19.9. The van der Waals surface area contributed by atoms with Crippen LogP contribution in [-0.2, 0) is 0 Å². The minimum atomic E-state index is -0.506. The SMILES string of the molecule is C=Cc1c[nH]c2ncc(N3CC(C=C)C3)cc12.CC.CCCSNc1ccc(F)c(C)c1F. The van der Waals surface area contributed by atoms with Crippen LogP contribution in [0.15, 0.2) is 49.8 Å². The Balaban J connectivity index is 0.000000222. The molecule has 0 radical (unpaired) electrons. The molecule has 33 heavy (non-hydrogen) atoms. The van der Waals surface area contributed by atoms with Crippen LogP contribution in [-0.4, -0.2) is 28.8 Å². The summed E-state index contributed by atoms with van der Waals surface area (Å²) in [6.07, 6.45) is 8.75. The topological polar surface area (TPSA) is 44.0 Å². The minimum absolute atomic E-state index is 0.0621. The van der Waals surface area contributed by atoms with Gasteiger partial charge in [0.2, 0.25) is 0 Å². The molecule has 4 rings (SSSR count). The average Bonchev–Trinajstić information content (AvgIpc) is 3.23. The summed E-state index contributed by atoms with van der Waals surface area (Å²) in [5.41, 5.74) is 3.62. The fourth-order valence-corrected chi connectivity index (χ4v) is 3.82. The van der Waals surface area contributed by atoms with Crippen LogP contribution in [0, 0.1) is 24.5 Å². The lowest BCUT2D eigenvalue weighted by molar-refractivity contribution is 0.494. The quantitative estimate of drug-likeness (QED) is 0.211. The van der Waals surface area contributed by atoms with Crippen molar-refractivity contribution >= 4 is 40.4 Å². The number of nitrogens with zero attached hydrogens (tertiary/aromatic N) is 2. The van der Waals surface area contributed by atoms with Crippen molar-refractivity contribution in [3.63, 3.8) is 0 Å². The first-order valence-electron chi connectivity index (χ1n) is 11.3. The Morgan fingerprint density at radius 2 is 2.00 bits per heavy atom. The number of hydrogen-bond donors (Lipinski definition) is 2. The predicted octanol–water partition coefficient (Wildman–Crippen LogP) is 7.60. The predicted molar refractivity (Wildman–Crippen MR) is 141 cm³/mol. The Labute approximate surface area is 200 Å². The van der Waals surface area contributed by atoms with Crippen molar-refractivity contribution in [3.05, 3.63) is 72.6 Å². The van der Waals surface area contributed by atoms with Gasteiger partial charge in [-0.3, -0.25) is 0 Å². The molecule has 0 aliphatic carbocycles. The molecule has 0 spiro atoms. The molecular formula is C26H34F2N4S. The summed E-state index contributed by atoms with van der Waals surface area (Å²) in [6.45, 7) is 17.2. The summed E-state index contributed by atoms with van der Waals surface area (Å²) in [7, 11) is 0. The summed E-state index contributed by atoms with van der Waals surface area (Å²) in [4.78, 5) is 9.89. The molecule has 7 heteroatoms. The van der Waals surface area contributed by atoms with Gasteiger partial charge in [0.1, 0.15) is 11.5 Å². The second kappa shape index (κ2) is 13.0. The van der Waals surface area contributed by atoms with E-state index in [1.165, 1.54) is 36.7 Å². The van der Waals surface area contributed by atoms with Crippen LogP contribution in [0.5, 0.6) is 0 Å². The fourth-order valence-electron chi connectivity index (χ4n) is 3.20. The van der Waals surface area contributed by atoms with Crippen molar-refractivity contribution in [2.24, 2.45) is 5.92 Å². The van der Waals surface area contributed by atoms with E-state index in [1.54, 1.807) is 0 Å². The first-order valence-corrected chi connectivity index (χ1v) is 12.3. The molecule has 2 aromatic heterocycles. The normalized spacial score (nSPS) is 12.7. The van der Waals surface area contributed by atoms with Crippen molar-refractivity contribution in [1.29, 1.82) is 0 Å². The van der Waals surface area contributed by atoms with Crippen LogP contribution in [0.25, 0.3) is 17.1 Å². The number of aromatic nitrogens is 2. The Hall–Kier alpha value is -2.80. The van der Waals surface area contributed by atoms with Gasteiger partial charge in [-0.1, -0.05) is 51.5 Å². The van der Waals surface area contributed by atoms with Crippen molar-refractivity contribution in [1.82, 2.24) is 9.97 Å². The van der Waals surface area contributed by atoms with Crippen LogP contribution in [0.3, 0.4) is 0 Å². The monoisotopic (exact) mass is 472 g/mol. The van der Waals surface area contributed by atoms with Gasteiger partial charge >= 0.3 is 0 Å². The lowest BCUT2D eigenvalue weighted by Gasteiger charge is -2.39. The molecule has 0 saturated carbocycles. The van der Waals surface area contributed by atoms with E-state index in [0.29, 0.717) is 11.6 Å². The van der Waals surface area contributed by atoms with Gasteiger partial charge in [0.25, 0.3) is 0 Å². The number of benzene rings is 1. The Bertz CT molecular complexity index is 1060. The van der Waals surface area contributed by atoms with Gasteiger partial charge in [0.05, 0.1) is 17.6 Å². The number of halogens is 2. The zero-order chi connectivity index (χ0) is 24.4. The third kappa shape index (κ3) is 6.60. The highest BCUT2D eigenvalue weighted by atomic mass is 32.2. The van der Waals surface area contributed by atoms with Crippen LogP contribution in [0.2, 0.25) is 0 Å². The second-order valence-corrected chi connectivity index (χ2v) is 8.32. The first-order chi connectivity index (χ1) is 16.0. The molecule has 0 amide bonds. The molecule has 1 fully saturated rings. The molecular weight excluding hydrogens is 438 g/mol. The molecule has 1 aliphatic heterocycles. The molecule has 3 aromatic rings. The number of fused-ring (bicyclic) bond motifs is 1. The smallest absolute Gasteiger partial charge is 0.152 e. The van der Waals surface area contributed by atoms with Gasteiger partial charge in [0, 0.05) is 47.5 Å². The average molecular weight is 473 g/mol. The number of pyridine rings is 1. The second-order valence-electron chi connectivity index (χ2n) is 7.42. The lowest BCUT2D eigenvalue weighted by Crippen LogP contribution is -2.45. The summed E-state index contributed by atoms with van der Waals surface area (Å²) in [5.74, 6) is 0.508. The van der Waals surface area contributed by atoms with Gasteiger partial charge in [0.15, 0.2) is 5.82 Å². The van der Waals surface area contributed by atoms with Gasteiger partial charge in [-0.15, -0.1) is 6.58 Å². The summed E-state index contributed by atoms with van der Waals surface area (Å²) in [5, 5.41) is 1.14.